The normalized spacial score (nSPS) is 11.2. The molecule has 1 rings (SSSR count). The van der Waals surface area contributed by atoms with Crippen molar-refractivity contribution in [3.05, 3.63) is 24.3 Å². The number of rotatable bonds is 5. The molecule has 0 atom stereocenters. The maximum absolute atomic E-state index is 12.0. The van der Waals surface area contributed by atoms with Crippen molar-refractivity contribution >= 4 is 17.3 Å². The van der Waals surface area contributed by atoms with Crippen molar-refractivity contribution in [1.29, 1.82) is 0 Å². The Balaban J connectivity index is 2.73. The highest BCUT2D eigenvalue weighted by molar-refractivity contribution is 5.82. The van der Waals surface area contributed by atoms with Gasteiger partial charge in [0.05, 0.1) is 6.54 Å². The van der Waals surface area contributed by atoms with E-state index in [1.807, 2.05) is 45.0 Å². The van der Waals surface area contributed by atoms with Crippen LogP contribution in [0.1, 0.15) is 34.1 Å². The van der Waals surface area contributed by atoms with Gasteiger partial charge in [-0.3, -0.25) is 4.79 Å². The fourth-order valence-corrected chi connectivity index (χ4v) is 1.89. The monoisotopic (exact) mass is 263 g/mol. The number of nitrogens with zero attached hydrogens (tertiary/aromatic N) is 1. The van der Waals surface area contributed by atoms with E-state index in [1.165, 1.54) is 0 Å². The van der Waals surface area contributed by atoms with Gasteiger partial charge in [-0.2, -0.15) is 0 Å². The van der Waals surface area contributed by atoms with Gasteiger partial charge < -0.3 is 16.0 Å². The van der Waals surface area contributed by atoms with E-state index in [9.17, 15) is 4.79 Å². The molecule has 4 nitrogen and oxygen atoms in total. The molecule has 0 aliphatic carbocycles. The summed E-state index contributed by atoms with van der Waals surface area (Å²) >= 11 is 0. The number of benzene rings is 1. The van der Waals surface area contributed by atoms with Gasteiger partial charge in [0.15, 0.2) is 0 Å². The molecule has 4 heteroatoms. The van der Waals surface area contributed by atoms with Gasteiger partial charge in [-0.1, -0.05) is 6.92 Å². The Bertz CT molecular complexity index is 406. The molecule has 0 saturated carbocycles. The summed E-state index contributed by atoms with van der Waals surface area (Å²) in [6.07, 6.45) is 0.993. The lowest BCUT2D eigenvalue weighted by Gasteiger charge is -2.27. The molecular weight excluding hydrogens is 238 g/mol. The molecule has 1 aromatic carbocycles. The molecule has 0 bridgehead atoms. The first kappa shape index (κ1) is 15.3. The molecule has 19 heavy (non-hydrogen) atoms. The molecule has 0 saturated heterocycles. The maximum atomic E-state index is 12.0. The Morgan fingerprint density at radius 1 is 1.26 bits per heavy atom. The molecule has 1 amide bonds. The number of carbonyl (C=O) groups excluding carboxylic acids is 1. The summed E-state index contributed by atoms with van der Waals surface area (Å²) in [5, 5.41) is 2.98. The van der Waals surface area contributed by atoms with E-state index >= 15 is 0 Å². The number of nitrogens with two attached hydrogens (primary N) is 1. The summed E-state index contributed by atoms with van der Waals surface area (Å²) in [5.41, 5.74) is 7.25. The number of anilines is 2. The van der Waals surface area contributed by atoms with Gasteiger partial charge in [-0.05, 0) is 51.5 Å². The second-order valence-electron chi connectivity index (χ2n) is 5.81. The zero-order chi connectivity index (χ0) is 14.5. The third-order valence-electron chi connectivity index (χ3n) is 2.60. The zero-order valence-corrected chi connectivity index (χ0v) is 12.4. The predicted molar refractivity (Wildman–Crippen MR) is 81.3 cm³/mol. The average molecular weight is 263 g/mol. The van der Waals surface area contributed by atoms with Gasteiger partial charge in [0.1, 0.15) is 0 Å². The summed E-state index contributed by atoms with van der Waals surface area (Å²) in [7, 11) is 0. The highest BCUT2D eigenvalue weighted by Gasteiger charge is 2.16. The molecule has 0 spiro atoms. The summed E-state index contributed by atoms with van der Waals surface area (Å²) < 4.78 is 0. The van der Waals surface area contributed by atoms with Gasteiger partial charge >= 0.3 is 0 Å². The minimum Gasteiger partial charge on any atom is -0.399 e. The third kappa shape index (κ3) is 5.64. The largest absolute Gasteiger partial charge is 0.399 e. The van der Waals surface area contributed by atoms with Gasteiger partial charge in [0.2, 0.25) is 5.91 Å². The lowest BCUT2D eigenvalue weighted by molar-refractivity contribution is -0.121. The number of nitrogen functional groups attached to an aromatic ring is 1. The molecule has 106 valence electrons. The molecule has 0 aliphatic heterocycles. The van der Waals surface area contributed by atoms with Gasteiger partial charge in [-0.25, -0.2) is 0 Å². The summed E-state index contributed by atoms with van der Waals surface area (Å²) in [5.74, 6) is 0.0396. The van der Waals surface area contributed by atoms with E-state index in [1.54, 1.807) is 0 Å². The smallest absolute Gasteiger partial charge is 0.239 e. The first-order valence-electron chi connectivity index (χ1n) is 6.73. The predicted octanol–water partition coefficient (Wildman–Crippen LogP) is 2.40. The van der Waals surface area contributed by atoms with Crippen molar-refractivity contribution < 1.29 is 4.79 Å². The lowest BCUT2D eigenvalue weighted by Crippen LogP contribution is -2.46. The van der Waals surface area contributed by atoms with Crippen LogP contribution in [0.15, 0.2) is 24.3 Å². The minimum atomic E-state index is -0.198. The van der Waals surface area contributed by atoms with Crippen molar-refractivity contribution in [2.45, 2.75) is 39.7 Å². The van der Waals surface area contributed by atoms with E-state index in [-0.39, 0.29) is 11.4 Å². The van der Waals surface area contributed by atoms with Crippen LogP contribution in [0, 0.1) is 0 Å². The lowest BCUT2D eigenvalue weighted by atomic mass is 10.1. The van der Waals surface area contributed by atoms with Crippen molar-refractivity contribution in [3.8, 4) is 0 Å². The number of nitrogens with one attached hydrogen (secondary N) is 1. The van der Waals surface area contributed by atoms with Crippen molar-refractivity contribution in [2.75, 3.05) is 23.7 Å². The van der Waals surface area contributed by atoms with Crippen molar-refractivity contribution in [2.24, 2.45) is 0 Å². The first-order valence-corrected chi connectivity index (χ1v) is 6.73. The number of hydrogen-bond donors (Lipinski definition) is 2. The number of carbonyl (C=O) groups is 1. The minimum absolute atomic E-state index is 0.0396. The Morgan fingerprint density at radius 2 is 1.84 bits per heavy atom. The Kier molecular flexibility index (Phi) is 5.21. The van der Waals surface area contributed by atoms with Crippen LogP contribution in [0.25, 0.3) is 0 Å². The molecule has 0 aliphatic rings. The quantitative estimate of drug-likeness (QED) is 0.802. The van der Waals surface area contributed by atoms with E-state index in [0.717, 1.165) is 24.3 Å². The van der Waals surface area contributed by atoms with Crippen LogP contribution < -0.4 is 16.0 Å². The molecule has 0 fully saturated rings. The average Bonchev–Trinajstić information content (AvgIpc) is 2.27. The van der Waals surface area contributed by atoms with E-state index < -0.39 is 0 Å². The first-order chi connectivity index (χ1) is 8.81. The van der Waals surface area contributed by atoms with Crippen LogP contribution in [-0.4, -0.2) is 24.5 Å². The standard InChI is InChI=1S/C15H25N3O/c1-5-10-18(11-14(19)17-15(2,3)4)13-8-6-12(16)7-9-13/h6-9H,5,10-11,16H2,1-4H3,(H,17,19). The number of hydrogen-bond acceptors (Lipinski definition) is 3. The molecule has 1 aromatic rings. The van der Waals surface area contributed by atoms with Crippen LogP contribution in [0.3, 0.4) is 0 Å². The van der Waals surface area contributed by atoms with Crippen molar-refractivity contribution in [3.63, 3.8) is 0 Å². The van der Waals surface area contributed by atoms with Gasteiger partial charge in [0.25, 0.3) is 0 Å². The Labute approximate surface area is 116 Å². The number of amides is 1. The van der Waals surface area contributed by atoms with Crippen LogP contribution in [0.5, 0.6) is 0 Å². The SMILES string of the molecule is CCCN(CC(=O)NC(C)(C)C)c1ccc(N)cc1. The van der Waals surface area contributed by atoms with Gasteiger partial charge in [0, 0.05) is 23.5 Å². The summed E-state index contributed by atoms with van der Waals surface area (Å²) in [6.45, 7) is 9.28. The molecule has 0 aromatic heterocycles. The molecule has 3 N–H and O–H groups in total. The van der Waals surface area contributed by atoms with Crippen LogP contribution in [0.4, 0.5) is 11.4 Å². The second-order valence-corrected chi connectivity index (χ2v) is 5.81. The van der Waals surface area contributed by atoms with Crippen LogP contribution in [-0.2, 0) is 4.79 Å². The molecule has 0 heterocycles. The fraction of sp³-hybridized carbons (Fsp3) is 0.533. The second kappa shape index (κ2) is 6.45. The fourth-order valence-electron chi connectivity index (χ4n) is 1.89. The van der Waals surface area contributed by atoms with Crippen LogP contribution >= 0.6 is 0 Å². The maximum Gasteiger partial charge on any atom is 0.239 e. The highest BCUT2D eigenvalue weighted by Crippen LogP contribution is 2.16. The topological polar surface area (TPSA) is 58.4 Å². The van der Waals surface area contributed by atoms with Crippen molar-refractivity contribution in [1.82, 2.24) is 5.32 Å². The molecule has 0 unspecified atom stereocenters. The van der Waals surface area contributed by atoms with Crippen LogP contribution in [0.2, 0.25) is 0 Å². The van der Waals surface area contributed by atoms with Gasteiger partial charge in [-0.15, -0.1) is 0 Å². The molecule has 0 radical (unpaired) electrons. The third-order valence-corrected chi connectivity index (χ3v) is 2.60. The molecular formula is C15H25N3O. The van der Waals surface area contributed by atoms with E-state index in [0.29, 0.717) is 6.54 Å². The summed E-state index contributed by atoms with van der Waals surface area (Å²) in [4.78, 5) is 14.1. The highest BCUT2D eigenvalue weighted by atomic mass is 16.2. The zero-order valence-electron chi connectivity index (χ0n) is 12.4. The Hall–Kier alpha value is -1.71. The summed E-state index contributed by atoms with van der Waals surface area (Å²) in [6, 6.07) is 7.63. The van der Waals surface area contributed by atoms with E-state index in [2.05, 4.69) is 17.1 Å². The van der Waals surface area contributed by atoms with E-state index in [4.69, 9.17) is 5.73 Å². The Morgan fingerprint density at radius 3 is 2.32 bits per heavy atom.